The zero-order valence-corrected chi connectivity index (χ0v) is 52.4. The van der Waals surface area contributed by atoms with Gasteiger partial charge in [-0.2, -0.15) is 0 Å². The van der Waals surface area contributed by atoms with Gasteiger partial charge in [-0.3, -0.25) is 14.4 Å². The fourth-order valence-electron chi connectivity index (χ4n) is 9.76. The van der Waals surface area contributed by atoms with Gasteiger partial charge in [-0.15, -0.1) is 0 Å². The normalized spacial score (nSPS) is 12.6. The highest BCUT2D eigenvalue weighted by atomic mass is 16.6. The van der Waals surface area contributed by atoms with Crippen LogP contribution >= 0.6 is 0 Å². The van der Waals surface area contributed by atoms with E-state index >= 15 is 0 Å². The lowest BCUT2D eigenvalue weighted by Gasteiger charge is -2.18. The minimum atomic E-state index is -0.783. The molecule has 79 heavy (non-hydrogen) atoms. The molecule has 0 heterocycles. The highest BCUT2D eigenvalue weighted by Gasteiger charge is 2.19. The van der Waals surface area contributed by atoms with E-state index in [-0.39, 0.29) is 31.1 Å². The molecule has 0 N–H and O–H groups in total. The number of carbonyl (C=O) groups excluding carboxylic acids is 3. The van der Waals surface area contributed by atoms with Crippen molar-refractivity contribution in [3.05, 3.63) is 85.1 Å². The van der Waals surface area contributed by atoms with Crippen LogP contribution in [0.4, 0.5) is 0 Å². The highest BCUT2D eigenvalue weighted by molar-refractivity contribution is 5.71. The van der Waals surface area contributed by atoms with Crippen molar-refractivity contribution < 1.29 is 28.6 Å². The third kappa shape index (κ3) is 65.3. The smallest absolute Gasteiger partial charge is 0.306 e. The lowest BCUT2D eigenvalue weighted by atomic mass is 10.0. The van der Waals surface area contributed by atoms with Gasteiger partial charge in [0.25, 0.3) is 0 Å². The minimum Gasteiger partial charge on any atom is -0.462 e. The maximum Gasteiger partial charge on any atom is 0.306 e. The second kappa shape index (κ2) is 67.1. The van der Waals surface area contributed by atoms with Crippen molar-refractivity contribution in [2.45, 2.75) is 348 Å². The highest BCUT2D eigenvalue weighted by Crippen LogP contribution is 2.17. The Bertz CT molecular complexity index is 1500. The average molecular weight is 1100 g/mol. The second-order valence-electron chi connectivity index (χ2n) is 22.7. The van der Waals surface area contributed by atoms with Gasteiger partial charge in [0.1, 0.15) is 13.2 Å². The third-order valence-electron chi connectivity index (χ3n) is 14.9. The van der Waals surface area contributed by atoms with Gasteiger partial charge in [0, 0.05) is 19.3 Å². The SMILES string of the molecule is CC/C=C\C/C=C\C/C=C\C/C=C\C/C=C\CCCCCCCCCCCCCC(=O)OCC(COC(=O)CCCCCCCCC/C=C\CCCCCCCC)OC(=O)CCCCCCCCC/C=C\CCCCCCCC. The predicted molar refractivity (Wildman–Crippen MR) is 344 cm³/mol. The number of allylic oxidation sites excluding steroid dienone is 14. The number of hydrogen-bond donors (Lipinski definition) is 0. The van der Waals surface area contributed by atoms with E-state index in [0.717, 1.165) is 89.9 Å². The van der Waals surface area contributed by atoms with Crippen molar-refractivity contribution in [2.24, 2.45) is 0 Å². The van der Waals surface area contributed by atoms with Crippen LogP contribution < -0.4 is 0 Å². The number of esters is 3. The molecular weight excluding hydrogens is 973 g/mol. The summed E-state index contributed by atoms with van der Waals surface area (Å²) in [5, 5.41) is 0. The van der Waals surface area contributed by atoms with Gasteiger partial charge in [0.2, 0.25) is 0 Å². The zero-order chi connectivity index (χ0) is 57.1. The quantitative estimate of drug-likeness (QED) is 0.0261. The molecule has 0 radical (unpaired) electrons. The van der Waals surface area contributed by atoms with Crippen LogP contribution in [0.25, 0.3) is 0 Å². The zero-order valence-electron chi connectivity index (χ0n) is 52.4. The molecule has 6 nitrogen and oxygen atoms in total. The standard InChI is InChI=1S/C73H128O6/c1-4-7-10-13-16-19-22-25-28-31-32-33-34-35-36-37-38-39-40-43-45-48-51-54-57-60-63-66-72(75)78-69-70(79-73(76)67-64-61-58-55-52-49-46-42-30-27-24-21-18-15-12-9-6-3)68-77-71(74)65-62-59-56-53-50-47-44-41-29-26-23-20-17-14-11-8-5-2/h7,10,16,19,25-30,32-33,35-36,70H,4-6,8-9,11-15,17-18,20-24,31,34,37-69H2,1-3H3/b10-7-,19-16-,28-25-,29-26-,30-27-,33-32-,36-35-. The summed E-state index contributed by atoms with van der Waals surface area (Å²) in [4.78, 5) is 38.4. The molecule has 0 saturated carbocycles. The molecule has 0 aliphatic carbocycles. The number of rotatable bonds is 62. The Kier molecular flexibility index (Phi) is 64.2. The lowest BCUT2D eigenvalue weighted by Crippen LogP contribution is -2.30. The average Bonchev–Trinajstić information content (AvgIpc) is 3.45. The van der Waals surface area contributed by atoms with E-state index in [1.165, 1.54) is 212 Å². The van der Waals surface area contributed by atoms with E-state index in [0.29, 0.717) is 19.3 Å². The van der Waals surface area contributed by atoms with E-state index in [9.17, 15) is 14.4 Å². The summed E-state index contributed by atoms with van der Waals surface area (Å²) in [6, 6.07) is 0. The minimum absolute atomic E-state index is 0.0788. The van der Waals surface area contributed by atoms with Crippen molar-refractivity contribution in [3.8, 4) is 0 Å². The van der Waals surface area contributed by atoms with E-state index in [4.69, 9.17) is 14.2 Å². The Morgan fingerprint density at radius 3 is 0.785 bits per heavy atom. The van der Waals surface area contributed by atoms with Crippen molar-refractivity contribution in [1.29, 1.82) is 0 Å². The fraction of sp³-hybridized carbons (Fsp3) is 0.767. The van der Waals surface area contributed by atoms with E-state index < -0.39 is 6.10 Å². The van der Waals surface area contributed by atoms with Crippen LogP contribution in [0.3, 0.4) is 0 Å². The molecule has 0 aromatic carbocycles. The first kappa shape index (κ1) is 75.6. The molecular formula is C73H128O6. The molecule has 0 bridgehead atoms. The summed E-state index contributed by atoms with van der Waals surface area (Å²) in [7, 11) is 0. The molecule has 0 aliphatic rings. The molecule has 1 atom stereocenters. The molecule has 0 rings (SSSR count). The Hall–Kier alpha value is -3.41. The summed E-state index contributed by atoms with van der Waals surface area (Å²) >= 11 is 0. The van der Waals surface area contributed by atoms with Gasteiger partial charge in [0.15, 0.2) is 6.10 Å². The first-order chi connectivity index (χ1) is 39.0. The summed E-state index contributed by atoms with van der Waals surface area (Å²) in [5.41, 5.74) is 0. The van der Waals surface area contributed by atoms with Crippen molar-refractivity contribution >= 4 is 17.9 Å². The number of ether oxygens (including phenoxy) is 3. The van der Waals surface area contributed by atoms with Crippen molar-refractivity contribution in [1.82, 2.24) is 0 Å². The fourth-order valence-corrected chi connectivity index (χ4v) is 9.76. The Balaban J connectivity index is 4.32. The Morgan fingerprint density at radius 1 is 0.266 bits per heavy atom. The van der Waals surface area contributed by atoms with Crippen LogP contribution in [-0.2, 0) is 28.6 Å². The Morgan fingerprint density at radius 2 is 0.494 bits per heavy atom. The van der Waals surface area contributed by atoms with Crippen molar-refractivity contribution in [3.63, 3.8) is 0 Å². The third-order valence-corrected chi connectivity index (χ3v) is 14.9. The second-order valence-corrected chi connectivity index (χ2v) is 22.7. The molecule has 0 fully saturated rings. The van der Waals surface area contributed by atoms with E-state index in [1.54, 1.807) is 0 Å². The van der Waals surface area contributed by atoms with Gasteiger partial charge in [-0.25, -0.2) is 0 Å². The largest absolute Gasteiger partial charge is 0.462 e. The molecule has 0 saturated heterocycles. The van der Waals surface area contributed by atoms with Crippen LogP contribution in [0.5, 0.6) is 0 Å². The maximum absolute atomic E-state index is 12.9. The van der Waals surface area contributed by atoms with Gasteiger partial charge in [-0.05, 0) is 116 Å². The molecule has 0 spiro atoms. The monoisotopic (exact) mass is 1100 g/mol. The summed E-state index contributed by atoms with van der Waals surface area (Å²) in [5.74, 6) is -0.874. The van der Waals surface area contributed by atoms with Gasteiger partial charge >= 0.3 is 17.9 Å². The number of carbonyl (C=O) groups is 3. The Labute approximate surface area is 490 Å². The number of unbranched alkanes of at least 4 members (excludes halogenated alkanes) is 37. The van der Waals surface area contributed by atoms with E-state index in [2.05, 4.69) is 106 Å². The van der Waals surface area contributed by atoms with Crippen molar-refractivity contribution in [2.75, 3.05) is 13.2 Å². The van der Waals surface area contributed by atoms with Crippen LogP contribution in [0, 0.1) is 0 Å². The first-order valence-corrected chi connectivity index (χ1v) is 34.1. The molecule has 6 heteroatoms. The topological polar surface area (TPSA) is 78.9 Å². The molecule has 0 amide bonds. The summed E-state index contributed by atoms with van der Waals surface area (Å²) < 4.78 is 17.0. The van der Waals surface area contributed by atoms with Crippen LogP contribution in [-0.4, -0.2) is 37.2 Å². The number of hydrogen-bond acceptors (Lipinski definition) is 6. The summed E-state index contributed by atoms with van der Waals surface area (Å²) in [6.07, 6.45) is 88.8. The van der Waals surface area contributed by atoms with E-state index in [1.807, 2.05) is 0 Å². The van der Waals surface area contributed by atoms with Gasteiger partial charge in [-0.1, -0.05) is 292 Å². The molecule has 0 aromatic rings. The van der Waals surface area contributed by atoms with Gasteiger partial charge < -0.3 is 14.2 Å². The maximum atomic E-state index is 12.9. The molecule has 0 aliphatic heterocycles. The first-order valence-electron chi connectivity index (χ1n) is 34.1. The van der Waals surface area contributed by atoms with Crippen LogP contribution in [0.15, 0.2) is 85.1 Å². The van der Waals surface area contributed by atoms with Crippen LogP contribution in [0.2, 0.25) is 0 Å². The van der Waals surface area contributed by atoms with Gasteiger partial charge in [0.05, 0.1) is 0 Å². The molecule has 456 valence electrons. The van der Waals surface area contributed by atoms with Crippen LogP contribution in [0.1, 0.15) is 342 Å². The molecule has 0 aromatic heterocycles. The predicted octanol–water partition coefficient (Wildman–Crippen LogP) is 23.4. The lowest BCUT2D eigenvalue weighted by molar-refractivity contribution is -0.167. The summed E-state index contributed by atoms with van der Waals surface area (Å²) in [6.45, 7) is 6.55. The molecule has 1 unspecified atom stereocenters.